The lowest BCUT2D eigenvalue weighted by atomic mass is 10.1. The van der Waals surface area contributed by atoms with Crippen molar-refractivity contribution in [1.82, 2.24) is 5.32 Å². The number of carboxylic acids is 1. The van der Waals surface area contributed by atoms with Crippen molar-refractivity contribution in [2.75, 3.05) is 6.54 Å². The van der Waals surface area contributed by atoms with Crippen LogP contribution in [0.25, 0.3) is 0 Å². The zero-order valence-corrected chi connectivity index (χ0v) is 11.4. The van der Waals surface area contributed by atoms with Crippen LogP contribution in [0.3, 0.4) is 0 Å². The number of hydrogen-bond acceptors (Lipinski definition) is 4. The second-order valence-electron chi connectivity index (χ2n) is 3.90. The highest BCUT2D eigenvalue weighted by atomic mass is 32.2. The first kappa shape index (κ1) is 16.2. The lowest BCUT2D eigenvalue weighted by Crippen LogP contribution is -2.35. The molecule has 0 spiro atoms. The molecule has 0 aromatic carbocycles. The summed E-state index contributed by atoms with van der Waals surface area (Å²) in [5.74, 6) is -0.845. The van der Waals surface area contributed by atoms with Crippen LogP contribution in [0, 0.1) is 0 Å². The Kier molecular flexibility index (Phi) is 9.95. The third-order valence-corrected chi connectivity index (χ3v) is 3.31. The monoisotopic (exact) mass is 261 g/mol. The average molecular weight is 261 g/mol. The molecule has 100 valence electrons. The third-order valence-electron chi connectivity index (χ3n) is 2.39. The maximum atomic E-state index is 10.9. The molecule has 0 heterocycles. The van der Waals surface area contributed by atoms with E-state index in [0.717, 1.165) is 19.3 Å². The molecule has 0 radical (unpaired) electrons. The summed E-state index contributed by atoms with van der Waals surface area (Å²) in [6.07, 6.45) is 4.77. The van der Waals surface area contributed by atoms with Crippen molar-refractivity contribution in [3.05, 3.63) is 0 Å². The molecule has 0 aliphatic heterocycles. The van der Waals surface area contributed by atoms with Crippen molar-refractivity contribution in [3.8, 4) is 0 Å². The SMILES string of the molecule is CCC(C)SN=CN[C@H](CCCCN)C(=O)O. The maximum absolute atomic E-state index is 10.9. The number of unbranched alkanes of at least 4 members (excludes halogenated alkanes) is 1. The van der Waals surface area contributed by atoms with E-state index >= 15 is 0 Å². The van der Waals surface area contributed by atoms with Crippen LogP contribution < -0.4 is 11.1 Å². The molecule has 4 N–H and O–H groups in total. The number of nitrogens with zero attached hydrogens (tertiary/aromatic N) is 1. The molecule has 0 rings (SSSR count). The van der Waals surface area contributed by atoms with Crippen LogP contribution in [0.4, 0.5) is 0 Å². The van der Waals surface area contributed by atoms with Crippen molar-refractivity contribution < 1.29 is 9.90 Å². The van der Waals surface area contributed by atoms with E-state index in [-0.39, 0.29) is 0 Å². The van der Waals surface area contributed by atoms with Gasteiger partial charge in [-0.25, -0.2) is 9.19 Å². The van der Waals surface area contributed by atoms with Crippen LogP contribution in [0.2, 0.25) is 0 Å². The molecule has 0 aliphatic rings. The van der Waals surface area contributed by atoms with Gasteiger partial charge in [0.1, 0.15) is 6.04 Å². The first-order valence-corrected chi connectivity index (χ1v) is 6.82. The predicted molar refractivity (Wildman–Crippen MR) is 73.3 cm³/mol. The van der Waals surface area contributed by atoms with Crippen molar-refractivity contribution in [2.24, 2.45) is 10.1 Å². The molecule has 0 fully saturated rings. The minimum atomic E-state index is -0.845. The topological polar surface area (TPSA) is 87.7 Å². The maximum Gasteiger partial charge on any atom is 0.326 e. The molecule has 0 aromatic rings. The smallest absolute Gasteiger partial charge is 0.326 e. The van der Waals surface area contributed by atoms with Gasteiger partial charge in [-0.1, -0.05) is 13.8 Å². The summed E-state index contributed by atoms with van der Waals surface area (Å²) in [5.41, 5.74) is 5.36. The van der Waals surface area contributed by atoms with E-state index in [1.54, 1.807) is 0 Å². The van der Waals surface area contributed by atoms with Crippen LogP contribution >= 0.6 is 11.9 Å². The van der Waals surface area contributed by atoms with E-state index in [2.05, 4.69) is 23.6 Å². The second-order valence-corrected chi connectivity index (χ2v) is 5.13. The minimum absolute atomic E-state index is 0.452. The fraction of sp³-hybridized carbons (Fsp3) is 0.818. The molecule has 0 amide bonds. The van der Waals surface area contributed by atoms with E-state index in [0.29, 0.717) is 18.2 Å². The lowest BCUT2D eigenvalue weighted by molar-refractivity contribution is -0.139. The van der Waals surface area contributed by atoms with Crippen LogP contribution in [0.1, 0.15) is 39.5 Å². The Balaban J connectivity index is 3.87. The second kappa shape index (κ2) is 10.4. The molecule has 1 unspecified atom stereocenters. The highest BCUT2D eigenvalue weighted by Crippen LogP contribution is 2.13. The molecule has 0 bridgehead atoms. The number of rotatable bonds is 10. The van der Waals surface area contributed by atoms with Crippen LogP contribution in [0.5, 0.6) is 0 Å². The number of aliphatic carboxylic acids is 1. The van der Waals surface area contributed by atoms with Crippen molar-refractivity contribution in [1.29, 1.82) is 0 Å². The van der Waals surface area contributed by atoms with Gasteiger partial charge in [-0.2, -0.15) is 0 Å². The minimum Gasteiger partial charge on any atom is -0.480 e. The molecular formula is C11H23N3O2S. The Morgan fingerprint density at radius 1 is 1.59 bits per heavy atom. The standard InChI is InChI=1S/C11H23N3O2S/c1-3-9(2)17-14-8-13-10(11(15)16)6-4-5-7-12/h8-10H,3-7,12H2,1-2H3,(H,13,14)(H,15,16)/t9?,10-/m1/s1. The summed E-state index contributed by atoms with van der Waals surface area (Å²) >= 11 is 1.45. The van der Waals surface area contributed by atoms with E-state index in [1.807, 2.05) is 0 Å². The Labute approximate surface area is 107 Å². The van der Waals surface area contributed by atoms with Gasteiger partial charge in [-0.15, -0.1) is 0 Å². The summed E-state index contributed by atoms with van der Waals surface area (Å²) < 4.78 is 4.09. The summed E-state index contributed by atoms with van der Waals surface area (Å²) in [4.78, 5) is 10.9. The number of nitrogens with one attached hydrogen (secondary N) is 1. The zero-order chi connectivity index (χ0) is 13.1. The normalized spacial score (nSPS) is 14.8. The van der Waals surface area contributed by atoms with Crippen molar-refractivity contribution in [3.63, 3.8) is 0 Å². The quantitative estimate of drug-likeness (QED) is 0.241. The van der Waals surface area contributed by atoms with Gasteiger partial charge in [0.25, 0.3) is 0 Å². The van der Waals surface area contributed by atoms with Crippen LogP contribution in [-0.4, -0.2) is 35.3 Å². The largest absolute Gasteiger partial charge is 0.480 e. The van der Waals surface area contributed by atoms with E-state index in [1.165, 1.54) is 18.3 Å². The zero-order valence-electron chi connectivity index (χ0n) is 10.6. The summed E-state index contributed by atoms with van der Waals surface area (Å²) in [6.45, 7) is 4.77. The molecule has 5 nitrogen and oxygen atoms in total. The molecule has 0 saturated carbocycles. The van der Waals surface area contributed by atoms with Gasteiger partial charge in [0.05, 0.1) is 6.34 Å². The molecule has 0 saturated heterocycles. The first-order valence-electron chi connectivity index (χ1n) is 5.98. The number of hydrogen-bond donors (Lipinski definition) is 3. The van der Waals surface area contributed by atoms with E-state index in [9.17, 15) is 4.79 Å². The van der Waals surface area contributed by atoms with Crippen LogP contribution in [0.15, 0.2) is 4.40 Å². The Bertz CT molecular complexity index is 237. The lowest BCUT2D eigenvalue weighted by Gasteiger charge is -2.11. The fourth-order valence-corrected chi connectivity index (χ4v) is 1.58. The number of nitrogens with two attached hydrogens (primary N) is 1. The van der Waals surface area contributed by atoms with Crippen molar-refractivity contribution in [2.45, 2.75) is 50.8 Å². The average Bonchev–Trinajstić information content (AvgIpc) is 2.31. The van der Waals surface area contributed by atoms with Gasteiger partial charge in [0.2, 0.25) is 0 Å². The fourth-order valence-electron chi connectivity index (χ4n) is 1.10. The van der Waals surface area contributed by atoms with E-state index in [4.69, 9.17) is 10.8 Å². The highest BCUT2D eigenvalue weighted by molar-refractivity contribution is 7.98. The van der Waals surface area contributed by atoms with Crippen LogP contribution in [-0.2, 0) is 4.79 Å². The molecule has 2 atom stereocenters. The van der Waals surface area contributed by atoms with Gasteiger partial charge in [0, 0.05) is 5.25 Å². The summed E-state index contributed by atoms with van der Waals surface area (Å²) in [5, 5.41) is 12.2. The first-order chi connectivity index (χ1) is 8.11. The Morgan fingerprint density at radius 3 is 2.82 bits per heavy atom. The molecule has 6 heteroatoms. The van der Waals surface area contributed by atoms with Crippen molar-refractivity contribution >= 4 is 24.3 Å². The molecular weight excluding hydrogens is 238 g/mol. The van der Waals surface area contributed by atoms with Gasteiger partial charge >= 0.3 is 5.97 Å². The summed E-state index contributed by atoms with van der Waals surface area (Å²) in [6, 6.07) is -0.567. The summed E-state index contributed by atoms with van der Waals surface area (Å²) in [7, 11) is 0. The number of carbonyl (C=O) groups is 1. The van der Waals surface area contributed by atoms with Gasteiger partial charge in [-0.05, 0) is 44.2 Å². The molecule has 0 aromatic heterocycles. The third kappa shape index (κ3) is 9.00. The van der Waals surface area contributed by atoms with Gasteiger partial charge in [0.15, 0.2) is 0 Å². The molecule has 17 heavy (non-hydrogen) atoms. The van der Waals surface area contributed by atoms with Gasteiger partial charge < -0.3 is 16.2 Å². The predicted octanol–water partition coefficient (Wildman–Crippen LogP) is 1.63. The molecule has 0 aliphatic carbocycles. The number of carboxylic acid groups (broad SMARTS) is 1. The van der Waals surface area contributed by atoms with Gasteiger partial charge in [-0.3, -0.25) is 0 Å². The highest BCUT2D eigenvalue weighted by Gasteiger charge is 2.14. The Hall–Kier alpha value is -0.750. The van der Waals surface area contributed by atoms with E-state index < -0.39 is 12.0 Å². The Morgan fingerprint density at radius 2 is 2.29 bits per heavy atom.